The van der Waals surface area contributed by atoms with Crippen molar-refractivity contribution in [1.82, 2.24) is 0 Å². The Hall–Kier alpha value is 0.474. The summed E-state index contributed by atoms with van der Waals surface area (Å²) in [4.78, 5) is 0. The molecule has 0 radical (unpaired) electrons. The molecule has 3 heteroatoms. The first kappa shape index (κ1) is 9.08. The first-order valence-corrected chi connectivity index (χ1v) is 1.86. The predicted molar refractivity (Wildman–Crippen MR) is 13.4 cm³/mol. The van der Waals surface area contributed by atoms with E-state index in [1.165, 1.54) is 0 Å². The third-order valence-electron chi connectivity index (χ3n) is 0. The van der Waals surface area contributed by atoms with Crippen LogP contribution in [-0.2, 0) is 23.7 Å². The number of aliphatic hydroxyl groups is 1. The average Bonchev–Trinajstić information content (AvgIpc) is 1.46. The summed E-state index contributed by atoms with van der Waals surface area (Å²) in [5.74, 6) is 0. The van der Waals surface area contributed by atoms with Crippen LogP contribution in [0.1, 0.15) is 6.92 Å². The van der Waals surface area contributed by atoms with E-state index in [1.54, 1.807) is 6.92 Å². The summed E-state index contributed by atoms with van der Waals surface area (Å²) in [6.45, 7) is 1.93. The minimum atomic E-state index is 0.250. The molecule has 0 saturated carbocycles. The van der Waals surface area contributed by atoms with Gasteiger partial charge < -0.3 is 5.11 Å². The van der Waals surface area contributed by atoms with Crippen molar-refractivity contribution in [3.63, 3.8) is 0 Å². The zero-order valence-electron chi connectivity index (χ0n) is 3.06. The summed E-state index contributed by atoms with van der Waals surface area (Å²) >= 11 is 0.750. The van der Waals surface area contributed by atoms with Crippen molar-refractivity contribution in [2.24, 2.45) is 0 Å². The molecule has 0 bridgehead atoms. The van der Waals surface area contributed by atoms with Gasteiger partial charge in [-0.25, -0.2) is 0 Å². The Morgan fingerprint density at radius 2 is 1.80 bits per heavy atom. The van der Waals surface area contributed by atoms with Crippen molar-refractivity contribution >= 4 is 0 Å². The van der Waals surface area contributed by atoms with Crippen LogP contribution in [0.2, 0.25) is 0 Å². The topological polar surface area (TPSA) is 37.3 Å². The molecule has 0 aliphatic rings. The Labute approximate surface area is 42.9 Å². The van der Waals surface area contributed by atoms with Crippen LogP contribution >= 0.6 is 0 Å². The molecule has 0 aromatic rings. The molecule has 0 unspecified atom stereocenters. The Balaban J connectivity index is 0. The van der Waals surface area contributed by atoms with E-state index in [0.717, 1.165) is 20.4 Å². The summed E-state index contributed by atoms with van der Waals surface area (Å²) in [7, 11) is 0. The standard InChI is InChI=1S/C2H6O.O.Ti/c1-2-3;;/h3H,2H2,1H3;;. The molecule has 0 fully saturated rings. The van der Waals surface area contributed by atoms with Crippen LogP contribution in [0.3, 0.4) is 0 Å². The summed E-state index contributed by atoms with van der Waals surface area (Å²) in [5, 5.41) is 7.57. The quantitative estimate of drug-likeness (QED) is 0.441. The molecule has 0 saturated heterocycles. The molecule has 0 aromatic heterocycles. The van der Waals surface area contributed by atoms with Crippen LogP contribution in [-0.4, -0.2) is 11.7 Å². The SMILES string of the molecule is CCO.[O]=[Ti]. The van der Waals surface area contributed by atoms with Gasteiger partial charge in [0.05, 0.1) is 0 Å². The second-order valence-corrected chi connectivity index (χ2v) is 0.316. The summed E-state index contributed by atoms with van der Waals surface area (Å²) in [6.07, 6.45) is 0. The molecule has 1 N–H and O–H groups in total. The molecule has 0 atom stereocenters. The average molecular weight is 110 g/mol. The second kappa shape index (κ2) is 24.8. The van der Waals surface area contributed by atoms with Gasteiger partial charge in [-0.2, -0.15) is 0 Å². The monoisotopic (exact) mass is 110 g/mol. The van der Waals surface area contributed by atoms with E-state index < -0.39 is 0 Å². The molecule has 0 aromatic carbocycles. The van der Waals surface area contributed by atoms with Gasteiger partial charge in [-0.1, -0.05) is 0 Å². The summed E-state index contributed by atoms with van der Waals surface area (Å²) in [5.41, 5.74) is 0. The van der Waals surface area contributed by atoms with E-state index in [1.807, 2.05) is 0 Å². The van der Waals surface area contributed by atoms with Gasteiger partial charge in [0.1, 0.15) is 0 Å². The fourth-order valence-corrected chi connectivity index (χ4v) is 0. The predicted octanol–water partition coefficient (Wildman–Crippen LogP) is -0.123. The van der Waals surface area contributed by atoms with Gasteiger partial charge in [-0.05, 0) is 6.92 Å². The van der Waals surface area contributed by atoms with E-state index in [4.69, 9.17) is 8.43 Å². The van der Waals surface area contributed by atoms with E-state index >= 15 is 0 Å². The molecular weight excluding hydrogens is 104 g/mol. The van der Waals surface area contributed by atoms with Crippen LogP contribution in [0, 0.1) is 0 Å². The molecular formula is C2H6O2Ti. The molecule has 0 heterocycles. The third kappa shape index (κ3) is 122. The van der Waals surface area contributed by atoms with Crippen molar-refractivity contribution in [3.05, 3.63) is 0 Å². The normalized spacial score (nSPS) is 4.20. The Morgan fingerprint density at radius 3 is 1.80 bits per heavy atom. The molecule has 0 amide bonds. The van der Waals surface area contributed by atoms with Gasteiger partial charge >= 0.3 is 23.7 Å². The molecule has 0 aliphatic heterocycles. The summed E-state index contributed by atoms with van der Waals surface area (Å²) < 4.78 is 8.25. The Bertz CT molecular complexity index is 11.6. The Morgan fingerprint density at radius 1 is 1.80 bits per heavy atom. The van der Waals surface area contributed by atoms with Crippen molar-refractivity contribution in [2.45, 2.75) is 6.92 Å². The van der Waals surface area contributed by atoms with Crippen LogP contribution in [0.15, 0.2) is 0 Å². The van der Waals surface area contributed by atoms with Crippen LogP contribution < -0.4 is 0 Å². The van der Waals surface area contributed by atoms with Gasteiger partial charge in [0.15, 0.2) is 0 Å². The number of hydrogen-bond donors (Lipinski definition) is 1. The van der Waals surface area contributed by atoms with Crippen molar-refractivity contribution < 1.29 is 28.8 Å². The van der Waals surface area contributed by atoms with Crippen molar-refractivity contribution in [1.29, 1.82) is 0 Å². The molecule has 5 heavy (non-hydrogen) atoms. The fourth-order valence-electron chi connectivity index (χ4n) is 0. The number of hydrogen-bond acceptors (Lipinski definition) is 2. The zero-order chi connectivity index (χ0) is 4.71. The number of rotatable bonds is 0. The zero-order valence-corrected chi connectivity index (χ0v) is 4.62. The van der Waals surface area contributed by atoms with Crippen molar-refractivity contribution in [2.75, 3.05) is 6.61 Å². The fraction of sp³-hybridized carbons (Fsp3) is 1.00. The molecule has 0 rings (SSSR count). The van der Waals surface area contributed by atoms with Gasteiger partial charge in [-0.3, -0.25) is 0 Å². The molecule has 0 aliphatic carbocycles. The maximum atomic E-state index is 8.25. The first-order valence-electron chi connectivity index (χ1n) is 1.23. The summed E-state index contributed by atoms with van der Waals surface area (Å²) in [6, 6.07) is 0. The molecule has 30 valence electrons. The third-order valence-corrected chi connectivity index (χ3v) is 0. The van der Waals surface area contributed by atoms with Gasteiger partial charge in [0.2, 0.25) is 0 Å². The van der Waals surface area contributed by atoms with E-state index in [2.05, 4.69) is 0 Å². The maximum absolute atomic E-state index is 8.25. The van der Waals surface area contributed by atoms with Crippen LogP contribution in [0.25, 0.3) is 0 Å². The number of aliphatic hydroxyl groups excluding tert-OH is 1. The van der Waals surface area contributed by atoms with E-state index in [-0.39, 0.29) is 6.61 Å². The second-order valence-electron chi connectivity index (χ2n) is 0.316. The van der Waals surface area contributed by atoms with Crippen LogP contribution in [0.4, 0.5) is 0 Å². The van der Waals surface area contributed by atoms with Gasteiger partial charge in [0, 0.05) is 6.61 Å². The minimum absolute atomic E-state index is 0.250. The Kier molecular flexibility index (Phi) is 45.1. The molecule has 0 spiro atoms. The van der Waals surface area contributed by atoms with Gasteiger partial charge in [0.25, 0.3) is 0 Å². The van der Waals surface area contributed by atoms with Crippen molar-refractivity contribution in [3.8, 4) is 0 Å². The van der Waals surface area contributed by atoms with E-state index in [0.29, 0.717) is 0 Å². The van der Waals surface area contributed by atoms with Crippen LogP contribution in [0.5, 0.6) is 0 Å². The molecule has 2 nitrogen and oxygen atoms in total. The van der Waals surface area contributed by atoms with E-state index in [9.17, 15) is 0 Å². The first-order chi connectivity index (χ1) is 2.41. The van der Waals surface area contributed by atoms with Gasteiger partial charge in [-0.15, -0.1) is 0 Å².